The van der Waals surface area contributed by atoms with Crippen LogP contribution in [0.5, 0.6) is 0 Å². The molecule has 0 spiro atoms. The second-order valence-corrected chi connectivity index (χ2v) is 6.94. The van der Waals surface area contributed by atoms with E-state index in [4.69, 9.17) is 4.52 Å². The average molecular weight is 370 g/mol. The van der Waals surface area contributed by atoms with E-state index < -0.39 is 0 Å². The van der Waals surface area contributed by atoms with Gasteiger partial charge in [0.2, 0.25) is 5.89 Å². The minimum atomic E-state index is -0.295. The number of aryl methyl sites for hydroxylation is 1. The molecule has 4 aromatic rings. The minimum Gasteiger partial charge on any atom is -0.338 e. The van der Waals surface area contributed by atoms with E-state index in [2.05, 4.69) is 25.2 Å². The van der Waals surface area contributed by atoms with Crippen molar-refractivity contribution in [1.29, 1.82) is 0 Å². The normalized spacial score (nSPS) is 12.6. The molecule has 3 aromatic heterocycles. The van der Waals surface area contributed by atoms with Crippen molar-refractivity contribution in [3.63, 3.8) is 0 Å². The zero-order chi connectivity index (χ0) is 18.1. The van der Waals surface area contributed by atoms with Crippen molar-refractivity contribution in [3.8, 4) is 5.69 Å². The van der Waals surface area contributed by atoms with Crippen molar-refractivity contribution in [2.45, 2.75) is 30.5 Å². The molecule has 4 rings (SSSR count). The van der Waals surface area contributed by atoms with Crippen molar-refractivity contribution in [2.75, 3.05) is 0 Å². The molecule has 1 atom stereocenters. The zero-order valence-electron chi connectivity index (χ0n) is 14.1. The van der Waals surface area contributed by atoms with E-state index in [-0.39, 0.29) is 11.1 Å². The average Bonchev–Trinajstić information content (AvgIpc) is 3.30. The smallest absolute Gasteiger partial charge is 0.239 e. The van der Waals surface area contributed by atoms with Crippen molar-refractivity contribution in [3.05, 3.63) is 54.3 Å². The fourth-order valence-corrected chi connectivity index (χ4v) is 3.39. The summed E-state index contributed by atoms with van der Waals surface area (Å²) >= 11 is 1.50. The molecule has 0 amide bonds. The molecule has 0 bridgehead atoms. The van der Waals surface area contributed by atoms with Gasteiger partial charge in [0, 0.05) is 6.42 Å². The number of rotatable bonds is 5. The van der Waals surface area contributed by atoms with E-state index in [1.54, 1.807) is 23.0 Å². The Morgan fingerprint density at radius 2 is 2.04 bits per heavy atom. The Labute approximate surface area is 152 Å². The van der Waals surface area contributed by atoms with Crippen LogP contribution in [0.3, 0.4) is 0 Å². The van der Waals surface area contributed by atoms with Gasteiger partial charge in [0.15, 0.2) is 11.5 Å². The molecule has 0 aliphatic heterocycles. The number of nitrogens with zero attached hydrogens (tertiary/aromatic N) is 6. The molecule has 0 saturated carbocycles. The lowest BCUT2D eigenvalue weighted by Crippen LogP contribution is -1.98. The van der Waals surface area contributed by atoms with E-state index in [0.717, 1.165) is 22.5 Å². The largest absolute Gasteiger partial charge is 0.338 e. The van der Waals surface area contributed by atoms with Crippen LogP contribution in [0, 0.1) is 5.82 Å². The number of thioether (sulfide) groups is 1. The van der Waals surface area contributed by atoms with Crippen LogP contribution in [0.15, 0.2) is 46.3 Å². The van der Waals surface area contributed by atoms with Crippen LogP contribution >= 0.6 is 11.8 Å². The lowest BCUT2D eigenvalue weighted by atomic mass is 10.3. The Kier molecular flexibility index (Phi) is 4.37. The van der Waals surface area contributed by atoms with Crippen LogP contribution in [0.2, 0.25) is 0 Å². The number of aromatic nitrogens is 6. The molecule has 1 aromatic carbocycles. The first-order valence-electron chi connectivity index (χ1n) is 8.09. The van der Waals surface area contributed by atoms with Crippen molar-refractivity contribution < 1.29 is 8.91 Å². The monoisotopic (exact) mass is 370 g/mol. The molecule has 0 aliphatic rings. The molecule has 0 radical (unpaired) electrons. The van der Waals surface area contributed by atoms with Gasteiger partial charge in [-0.15, -0.1) is 0 Å². The number of benzene rings is 1. The van der Waals surface area contributed by atoms with E-state index in [0.29, 0.717) is 17.4 Å². The van der Waals surface area contributed by atoms with Gasteiger partial charge < -0.3 is 4.52 Å². The fraction of sp³-hybridized carbons (Fsp3) is 0.235. The molecule has 0 aliphatic carbocycles. The fourth-order valence-electron chi connectivity index (χ4n) is 2.48. The van der Waals surface area contributed by atoms with Gasteiger partial charge in [-0.2, -0.15) is 10.1 Å². The van der Waals surface area contributed by atoms with Crippen LogP contribution in [0.1, 0.15) is 30.8 Å². The Balaban J connectivity index is 1.67. The van der Waals surface area contributed by atoms with E-state index in [9.17, 15) is 4.39 Å². The van der Waals surface area contributed by atoms with Gasteiger partial charge in [0.25, 0.3) is 0 Å². The highest BCUT2D eigenvalue weighted by Gasteiger charge is 2.19. The molecule has 0 fully saturated rings. The molecule has 132 valence electrons. The highest BCUT2D eigenvalue weighted by Crippen LogP contribution is 2.36. The number of fused-ring (bicyclic) bond motifs is 1. The van der Waals surface area contributed by atoms with Crippen molar-refractivity contribution >= 4 is 22.8 Å². The Bertz CT molecular complexity index is 1050. The molecule has 9 heteroatoms. The van der Waals surface area contributed by atoms with Gasteiger partial charge in [0.1, 0.15) is 17.2 Å². The number of halogens is 1. The summed E-state index contributed by atoms with van der Waals surface area (Å²) in [7, 11) is 0. The summed E-state index contributed by atoms with van der Waals surface area (Å²) in [6.45, 7) is 3.96. The summed E-state index contributed by atoms with van der Waals surface area (Å²) in [6.07, 6.45) is 3.92. The highest BCUT2D eigenvalue weighted by molar-refractivity contribution is 7.99. The molecule has 1 unspecified atom stereocenters. The van der Waals surface area contributed by atoms with Crippen LogP contribution in [0.25, 0.3) is 16.7 Å². The van der Waals surface area contributed by atoms with Crippen molar-refractivity contribution in [1.82, 2.24) is 29.9 Å². The number of hydrogen-bond acceptors (Lipinski definition) is 7. The molecule has 26 heavy (non-hydrogen) atoms. The second kappa shape index (κ2) is 6.83. The third-order valence-electron chi connectivity index (χ3n) is 3.84. The summed E-state index contributed by atoms with van der Waals surface area (Å²) in [6, 6.07) is 6.10. The van der Waals surface area contributed by atoms with Gasteiger partial charge in [-0.3, -0.25) is 0 Å². The standard InChI is InChI=1S/C17H15FN6OS/c1-3-14-22-16(25-23-14)10(2)26-17-13-8-21-24(15(13)19-9-20-17)12-6-4-11(18)5-7-12/h4-10H,3H2,1-2H3. The summed E-state index contributed by atoms with van der Waals surface area (Å²) in [5, 5.41) is 9.83. The number of hydrogen-bond donors (Lipinski definition) is 0. The van der Waals surface area contributed by atoms with Crippen LogP contribution < -0.4 is 0 Å². The van der Waals surface area contributed by atoms with Crippen LogP contribution in [-0.2, 0) is 6.42 Å². The lowest BCUT2D eigenvalue weighted by Gasteiger charge is -2.07. The summed E-state index contributed by atoms with van der Waals surface area (Å²) < 4.78 is 20.1. The summed E-state index contributed by atoms with van der Waals surface area (Å²) in [5.74, 6) is 0.949. The molecular formula is C17H15FN6OS. The molecule has 3 heterocycles. The maximum absolute atomic E-state index is 13.2. The topological polar surface area (TPSA) is 82.5 Å². The summed E-state index contributed by atoms with van der Waals surface area (Å²) in [4.78, 5) is 13.1. The lowest BCUT2D eigenvalue weighted by molar-refractivity contribution is 0.375. The molecule has 0 saturated heterocycles. The van der Waals surface area contributed by atoms with E-state index in [1.807, 2.05) is 13.8 Å². The maximum Gasteiger partial charge on any atom is 0.239 e. The van der Waals surface area contributed by atoms with Gasteiger partial charge in [0.05, 0.1) is 22.5 Å². The van der Waals surface area contributed by atoms with Gasteiger partial charge in [-0.25, -0.2) is 19.0 Å². The van der Waals surface area contributed by atoms with Gasteiger partial charge >= 0.3 is 0 Å². The third kappa shape index (κ3) is 3.05. The van der Waals surface area contributed by atoms with Crippen molar-refractivity contribution in [2.24, 2.45) is 0 Å². The Hall–Kier alpha value is -2.81. The predicted octanol–water partition coefficient (Wildman–Crippen LogP) is 3.75. The van der Waals surface area contributed by atoms with Crippen LogP contribution in [0.4, 0.5) is 4.39 Å². The van der Waals surface area contributed by atoms with Gasteiger partial charge in [-0.05, 0) is 31.2 Å². The molecular weight excluding hydrogens is 355 g/mol. The van der Waals surface area contributed by atoms with Gasteiger partial charge in [-0.1, -0.05) is 23.8 Å². The Morgan fingerprint density at radius 1 is 1.23 bits per heavy atom. The molecule has 0 N–H and O–H groups in total. The van der Waals surface area contributed by atoms with E-state index in [1.165, 1.54) is 30.2 Å². The third-order valence-corrected chi connectivity index (χ3v) is 4.94. The summed E-state index contributed by atoms with van der Waals surface area (Å²) in [5.41, 5.74) is 1.38. The van der Waals surface area contributed by atoms with Crippen LogP contribution in [-0.4, -0.2) is 29.9 Å². The maximum atomic E-state index is 13.2. The second-order valence-electron chi connectivity index (χ2n) is 5.61. The zero-order valence-corrected chi connectivity index (χ0v) is 14.9. The molecule has 7 nitrogen and oxygen atoms in total. The highest BCUT2D eigenvalue weighted by atomic mass is 32.2. The SMILES string of the molecule is CCc1noc(C(C)Sc2ncnc3c2cnn3-c2ccc(F)cc2)n1. The quantitative estimate of drug-likeness (QED) is 0.391. The van der Waals surface area contributed by atoms with E-state index >= 15 is 0 Å². The Morgan fingerprint density at radius 3 is 2.77 bits per heavy atom. The first-order valence-corrected chi connectivity index (χ1v) is 8.97. The predicted molar refractivity (Wildman–Crippen MR) is 94.6 cm³/mol. The first kappa shape index (κ1) is 16.6. The minimum absolute atomic E-state index is 0.0601. The first-order chi connectivity index (χ1) is 12.7.